The second-order valence-electron chi connectivity index (χ2n) is 12.3. The van der Waals surface area contributed by atoms with Crippen LogP contribution >= 0.6 is 0 Å². The summed E-state index contributed by atoms with van der Waals surface area (Å²) in [7, 11) is 1.84. The molecule has 2 aromatic carbocycles. The number of hydrogen-bond donors (Lipinski definition) is 0. The maximum atomic E-state index is 14.2. The van der Waals surface area contributed by atoms with Crippen LogP contribution in [0.15, 0.2) is 85.5 Å². The molecule has 236 valence electrons. The van der Waals surface area contributed by atoms with Crippen LogP contribution < -0.4 is 9.64 Å². The highest BCUT2D eigenvalue weighted by molar-refractivity contribution is 5.97. The molecule has 4 heterocycles. The SMILES string of the molecule is Cn1cncc1C(=O)N1CCC2(CCCN(c3ccc(C#N)cn3)CCN(Cc3ccccc3)C(=O)c3ccccc3OC2)CC1. The second kappa shape index (κ2) is 13.9. The summed E-state index contributed by atoms with van der Waals surface area (Å²) in [6, 6.07) is 23.4. The molecule has 1 saturated heterocycles. The third kappa shape index (κ3) is 6.89. The predicted molar refractivity (Wildman–Crippen MR) is 174 cm³/mol. The lowest BCUT2D eigenvalue weighted by molar-refractivity contribution is 0.0358. The number of nitriles is 1. The van der Waals surface area contributed by atoms with E-state index in [4.69, 9.17) is 4.74 Å². The van der Waals surface area contributed by atoms with Crippen molar-refractivity contribution < 1.29 is 14.3 Å². The number of rotatable bonds is 4. The average Bonchev–Trinajstić information content (AvgIpc) is 3.54. The summed E-state index contributed by atoms with van der Waals surface area (Å²) in [5, 5.41) is 9.33. The van der Waals surface area contributed by atoms with Gasteiger partial charge in [-0.1, -0.05) is 42.5 Å². The third-order valence-electron chi connectivity index (χ3n) is 9.28. The number of benzene rings is 2. The first kappa shape index (κ1) is 30.8. The molecule has 0 N–H and O–H groups in total. The van der Waals surface area contributed by atoms with Crippen LogP contribution in [0.5, 0.6) is 5.75 Å². The van der Waals surface area contributed by atoms with Crippen molar-refractivity contribution in [2.45, 2.75) is 32.2 Å². The smallest absolute Gasteiger partial charge is 0.272 e. The molecule has 1 spiro atoms. The molecule has 1 fully saturated rings. The number of para-hydroxylation sites is 1. The van der Waals surface area contributed by atoms with Gasteiger partial charge in [-0.05, 0) is 55.5 Å². The summed E-state index contributed by atoms with van der Waals surface area (Å²) in [4.78, 5) is 42.2. The first-order valence-corrected chi connectivity index (χ1v) is 15.9. The van der Waals surface area contributed by atoms with Crippen molar-refractivity contribution in [3.8, 4) is 11.8 Å². The topological polar surface area (TPSA) is 108 Å². The van der Waals surface area contributed by atoms with Crippen molar-refractivity contribution >= 4 is 17.6 Å². The Labute approximate surface area is 269 Å². The van der Waals surface area contributed by atoms with Gasteiger partial charge in [-0.25, -0.2) is 9.97 Å². The summed E-state index contributed by atoms with van der Waals surface area (Å²) in [6.07, 6.45) is 8.24. The van der Waals surface area contributed by atoms with Crippen LogP contribution in [0.1, 0.15) is 57.7 Å². The van der Waals surface area contributed by atoms with E-state index < -0.39 is 0 Å². The van der Waals surface area contributed by atoms with Crippen LogP contribution in [0.25, 0.3) is 0 Å². The van der Waals surface area contributed by atoms with Gasteiger partial charge >= 0.3 is 0 Å². The van der Waals surface area contributed by atoms with E-state index in [1.165, 1.54) is 0 Å². The van der Waals surface area contributed by atoms with Gasteiger partial charge in [-0.15, -0.1) is 0 Å². The van der Waals surface area contributed by atoms with Crippen LogP contribution in [0.2, 0.25) is 0 Å². The van der Waals surface area contributed by atoms with Crippen LogP contribution in [-0.4, -0.2) is 75.5 Å². The quantitative estimate of drug-likeness (QED) is 0.320. The first-order chi connectivity index (χ1) is 22.4. The first-order valence-electron chi connectivity index (χ1n) is 15.9. The molecule has 4 aromatic rings. The number of carbonyl (C=O) groups is 2. The Balaban J connectivity index is 1.29. The number of ether oxygens (including phenoxy) is 1. The number of hydrogen-bond acceptors (Lipinski definition) is 7. The molecule has 2 aliphatic rings. The zero-order valence-electron chi connectivity index (χ0n) is 26.2. The summed E-state index contributed by atoms with van der Waals surface area (Å²) in [5.41, 5.74) is 2.52. The van der Waals surface area contributed by atoms with Gasteiger partial charge in [0.15, 0.2) is 0 Å². The van der Waals surface area contributed by atoms with E-state index in [1.807, 2.05) is 77.5 Å². The molecule has 0 atom stereocenters. The zero-order valence-corrected chi connectivity index (χ0v) is 26.2. The van der Waals surface area contributed by atoms with Gasteiger partial charge in [-0.3, -0.25) is 9.59 Å². The normalized spacial score (nSPS) is 17.2. The van der Waals surface area contributed by atoms with Crippen molar-refractivity contribution in [1.82, 2.24) is 24.3 Å². The number of anilines is 1. The van der Waals surface area contributed by atoms with Gasteiger partial charge in [0.2, 0.25) is 0 Å². The molecular weight excluding hydrogens is 578 g/mol. The molecule has 10 heteroatoms. The number of aryl methyl sites for hydroxylation is 1. The van der Waals surface area contributed by atoms with Crippen molar-refractivity contribution in [1.29, 1.82) is 5.26 Å². The van der Waals surface area contributed by atoms with E-state index in [0.29, 0.717) is 61.9 Å². The lowest BCUT2D eigenvalue weighted by atomic mass is 9.75. The summed E-state index contributed by atoms with van der Waals surface area (Å²) in [6.45, 7) is 3.98. The van der Waals surface area contributed by atoms with E-state index in [2.05, 4.69) is 20.9 Å². The van der Waals surface area contributed by atoms with Crippen molar-refractivity contribution in [3.05, 3.63) is 108 Å². The minimum absolute atomic E-state index is 0.00655. The van der Waals surface area contributed by atoms with E-state index in [1.54, 1.807) is 29.4 Å². The van der Waals surface area contributed by atoms with Gasteiger partial charge in [0.25, 0.3) is 11.8 Å². The van der Waals surface area contributed by atoms with Crippen LogP contribution in [0.3, 0.4) is 0 Å². The molecule has 0 bridgehead atoms. The zero-order chi connectivity index (χ0) is 31.9. The number of imidazole rings is 1. The molecule has 10 nitrogen and oxygen atoms in total. The van der Waals surface area contributed by atoms with E-state index in [0.717, 1.165) is 43.6 Å². The number of piperidine rings is 1. The molecule has 2 aromatic heterocycles. The molecule has 2 aliphatic heterocycles. The molecule has 0 radical (unpaired) electrons. The Hall–Kier alpha value is -5.17. The van der Waals surface area contributed by atoms with Crippen LogP contribution in [0, 0.1) is 16.7 Å². The molecule has 0 aliphatic carbocycles. The molecule has 6 rings (SSSR count). The van der Waals surface area contributed by atoms with Crippen LogP contribution in [0.4, 0.5) is 5.82 Å². The van der Waals surface area contributed by atoms with Crippen LogP contribution in [-0.2, 0) is 13.6 Å². The highest BCUT2D eigenvalue weighted by Gasteiger charge is 2.38. The Bertz CT molecular complexity index is 1690. The van der Waals surface area contributed by atoms with Gasteiger partial charge in [-0.2, -0.15) is 5.26 Å². The van der Waals surface area contributed by atoms with E-state index >= 15 is 0 Å². The van der Waals surface area contributed by atoms with Crippen molar-refractivity contribution in [3.63, 3.8) is 0 Å². The maximum Gasteiger partial charge on any atom is 0.272 e. The molecule has 2 amide bonds. The number of aromatic nitrogens is 3. The lowest BCUT2D eigenvalue weighted by Gasteiger charge is -2.42. The van der Waals surface area contributed by atoms with Crippen molar-refractivity contribution in [2.75, 3.05) is 44.2 Å². The molecular formula is C36H39N7O3. The minimum Gasteiger partial charge on any atom is -0.492 e. The van der Waals surface area contributed by atoms with E-state index in [9.17, 15) is 14.9 Å². The predicted octanol–water partition coefficient (Wildman–Crippen LogP) is 4.93. The van der Waals surface area contributed by atoms with Gasteiger partial charge in [0, 0.05) is 57.9 Å². The fraction of sp³-hybridized carbons (Fsp3) is 0.361. The largest absolute Gasteiger partial charge is 0.492 e. The highest BCUT2D eigenvalue weighted by atomic mass is 16.5. The molecule has 0 unspecified atom stereocenters. The van der Waals surface area contributed by atoms with Gasteiger partial charge in [0.1, 0.15) is 23.3 Å². The van der Waals surface area contributed by atoms with Gasteiger partial charge < -0.3 is 24.0 Å². The monoisotopic (exact) mass is 617 g/mol. The minimum atomic E-state index is -0.166. The Morgan fingerprint density at radius 3 is 2.43 bits per heavy atom. The number of fused-ring (bicyclic) bond motifs is 1. The Morgan fingerprint density at radius 2 is 1.72 bits per heavy atom. The maximum absolute atomic E-state index is 14.2. The van der Waals surface area contributed by atoms with E-state index in [-0.39, 0.29) is 17.2 Å². The standard InChI is InChI=1S/C36H39N7O3/c1-40-27-38-24-31(40)35(45)42-18-15-36(16-19-42)14-7-17-41(33-13-12-29(22-37)23-39-33)20-21-43(25-28-8-3-2-4-9-28)34(44)30-10-5-6-11-32(30)46-26-36/h2-6,8-13,23-24,27H,7,14-21,25-26H2,1H3. The number of nitrogens with zero attached hydrogens (tertiary/aromatic N) is 7. The summed E-state index contributed by atoms with van der Waals surface area (Å²) in [5.74, 6) is 1.27. The number of likely N-dealkylation sites (tertiary alicyclic amines) is 1. The Morgan fingerprint density at radius 1 is 0.935 bits per heavy atom. The third-order valence-corrected chi connectivity index (χ3v) is 9.28. The molecule has 46 heavy (non-hydrogen) atoms. The number of amides is 2. The van der Waals surface area contributed by atoms with Gasteiger partial charge in [0.05, 0.1) is 30.3 Å². The highest BCUT2D eigenvalue weighted by Crippen LogP contribution is 2.38. The number of pyridine rings is 1. The Kier molecular flexibility index (Phi) is 9.29. The summed E-state index contributed by atoms with van der Waals surface area (Å²) >= 11 is 0. The fourth-order valence-electron chi connectivity index (χ4n) is 6.47. The average molecular weight is 618 g/mol. The fourth-order valence-corrected chi connectivity index (χ4v) is 6.47. The second-order valence-corrected chi connectivity index (χ2v) is 12.3. The summed E-state index contributed by atoms with van der Waals surface area (Å²) < 4.78 is 8.33. The number of carbonyl (C=O) groups excluding carboxylic acids is 2. The van der Waals surface area contributed by atoms with Crippen molar-refractivity contribution in [2.24, 2.45) is 12.5 Å². The molecule has 0 saturated carbocycles. The lowest BCUT2D eigenvalue weighted by Crippen LogP contribution is -2.46.